The van der Waals surface area contributed by atoms with E-state index in [-0.39, 0.29) is 17.1 Å². The highest BCUT2D eigenvalue weighted by Gasteiger charge is 2.15. The highest BCUT2D eigenvalue weighted by molar-refractivity contribution is 6.25. The molecule has 0 N–H and O–H groups in total. The monoisotopic (exact) mass is 290 g/mol. The highest BCUT2D eigenvalue weighted by Crippen LogP contribution is 2.23. The summed E-state index contributed by atoms with van der Waals surface area (Å²) < 4.78 is 0. The summed E-state index contributed by atoms with van der Waals surface area (Å²) in [6.45, 7) is 2.85. The maximum atomic E-state index is 11.9. The van der Waals surface area contributed by atoms with E-state index in [1.54, 1.807) is 0 Å². The molecule has 22 heavy (non-hydrogen) atoms. The minimum Gasteiger partial charge on any atom is -0.294 e. The second kappa shape index (κ2) is 7.32. The van der Waals surface area contributed by atoms with Crippen molar-refractivity contribution in [2.45, 2.75) is 13.8 Å². The third-order valence-corrected chi connectivity index (χ3v) is 3.30. The molecule has 0 spiro atoms. The fourth-order valence-electron chi connectivity index (χ4n) is 2.31. The summed E-state index contributed by atoms with van der Waals surface area (Å²) in [7, 11) is 0. The van der Waals surface area contributed by atoms with Gasteiger partial charge in [0.25, 0.3) is 0 Å². The average Bonchev–Trinajstić information content (AvgIpc) is 2.52. The number of ketones is 2. The lowest BCUT2D eigenvalue weighted by molar-refractivity contribution is -0.119. The first-order valence-corrected chi connectivity index (χ1v) is 7.14. The van der Waals surface area contributed by atoms with Crippen LogP contribution in [0, 0.1) is 0 Å². The SMILES string of the molecule is CC(=O)C(C(C)=O)=C(/C=C/c1ccccc1)c1ccccc1. The van der Waals surface area contributed by atoms with Crippen LogP contribution in [0.25, 0.3) is 11.6 Å². The Morgan fingerprint density at radius 3 is 1.77 bits per heavy atom. The van der Waals surface area contributed by atoms with Crippen LogP contribution in [-0.2, 0) is 9.59 Å². The molecule has 2 aromatic carbocycles. The van der Waals surface area contributed by atoms with E-state index in [2.05, 4.69) is 0 Å². The van der Waals surface area contributed by atoms with Crippen molar-refractivity contribution in [1.82, 2.24) is 0 Å². The van der Waals surface area contributed by atoms with Crippen LogP contribution in [0.15, 0.2) is 72.3 Å². The van der Waals surface area contributed by atoms with Gasteiger partial charge in [0.05, 0.1) is 5.57 Å². The Morgan fingerprint density at radius 2 is 1.27 bits per heavy atom. The van der Waals surface area contributed by atoms with Crippen molar-refractivity contribution in [3.8, 4) is 0 Å². The predicted octanol–water partition coefficient (Wildman–Crippen LogP) is 4.33. The number of hydrogen-bond acceptors (Lipinski definition) is 2. The highest BCUT2D eigenvalue weighted by atomic mass is 16.1. The van der Waals surface area contributed by atoms with Crippen LogP contribution in [0.2, 0.25) is 0 Å². The van der Waals surface area contributed by atoms with Crippen LogP contribution in [-0.4, -0.2) is 11.6 Å². The van der Waals surface area contributed by atoms with Gasteiger partial charge in [0.15, 0.2) is 11.6 Å². The number of carbonyl (C=O) groups excluding carboxylic acids is 2. The Bertz CT molecular complexity index is 707. The number of allylic oxidation sites excluding steroid dienone is 3. The first kappa shape index (κ1) is 15.6. The van der Waals surface area contributed by atoms with E-state index in [1.165, 1.54) is 13.8 Å². The van der Waals surface area contributed by atoms with E-state index in [1.807, 2.05) is 72.8 Å². The van der Waals surface area contributed by atoms with Crippen LogP contribution in [0.4, 0.5) is 0 Å². The van der Waals surface area contributed by atoms with E-state index in [4.69, 9.17) is 0 Å². The Labute approximate surface area is 130 Å². The molecule has 110 valence electrons. The number of carbonyl (C=O) groups is 2. The van der Waals surface area contributed by atoms with E-state index in [0.29, 0.717) is 5.57 Å². The van der Waals surface area contributed by atoms with Crippen molar-refractivity contribution in [2.24, 2.45) is 0 Å². The maximum absolute atomic E-state index is 11.9. The Kier molecular flexibility index (Phi) is 5.21. The Hall–Kier alpha value is -2.74. The minimum absolute atomic E-state index is 0.218. The van der Waals surface area contributed by atoms with Crippen molar-refractivity contribution in [1.29, 1.82) is 0 Å². The summed E-state index contributed by atoms with van der Waals surface area (Å²) in [5.74, 6) is -0.437. The fraction of sp³-hybridized carbons (Fsp3) is 0.100. The van der Waals surface area contributed by atoms with Crippen LogP contribution >= 0.6 is 0 Å². The van der Waals surface area contributed by atoms with Crippen molar-refractivity contribution >= 4 is 23.2 Å². The third kappa shape index (κ3) is 3.89. The van der Waals surface area contributed by atoms with Crippen LogP contribution in [0.3, 0.4) is 0 Å². The van der Waals surface area contributed by atoms with Crippen LogP contribution in [0.5, 0.6) is 0 Å². The van der Waals surface area contributed by atoms with Crippen LogP contribution in [0.1, 0.15) is 25.0 Å². The van der Waals surface area contributed by atoms with Gasteiger partial charge in [-0.05, 0) is 30.5 Å². The Balaban J connectivity index is 2.56. The molecule has 0 heterocycles. The second-order valence-electron chi connectivity index (χ2n) is 5.01. The quantitative estimate of drug-likeness (QED) is 0.355. The fourth-order valence-corrected chi connectivity index (χ4v) is 2.31. The molecule has 2 aromatic rings. The van der Waals surface area contributed by atoms with Gasteiger partial charge in [-0.15, -0.1) is 0 Å². The van der Waals surface area contributed by atoms with Gasteiger partial charge in [-0.25, -0.2) is 0 Å². The summed E-state index contributed by atoms with van der Waals surface area (Å²) in [5.41, 5.74) is 2.76. The maximum Gasteiger partial charge on any atom is 0.163 e. The molecule has 2 rings (SSSR count). The van der Waals surface area contributed by atoms with Gasteiger partial charge in [-0.2, -0.15) is 0 Å². The lowest BCUT2D eigenvalue weighted by Crippen LogP contribution is -2.09. The van der Waals surface area contributed by atoms with Crippen LogP contribution < -0.4 is 0 Å². The van der Waals surface area contributed by atoms with E-state index >= 15 is 0 Å². The smallest absolute Gasteiger partial charge is 0.163 e. The van der Waals surface area contributed by atoms with Gasteiger partial charge >= 0.3 is 0 Å². The molecule has 0 saturated heterocycles. The predicted molar refractivity (Wildman–Crippen MR) is 90.2 cm³/mol. The number of benzene rings is 2. The zero-order valence-corrected chi connectivity index (χ0v) is 12.7. The molecular weight excluding hydrogens is 272 g/mol. The largest absolute Gasteiger partial charge is 0.294 e. The molecule has 0 fully saturated rings. The molecular formula is C20H18O2. The molecule has 0 saturated carbocycles. The first-order valence-electron chi connectivity index (χ1n) is 7.14. The molecule has 0 aliphatic rings. The zero-order valence-electron chi connectivity index (χ0n) is 12.7. The van der Waals surface area contributed by atoms with Gasteiger partial charge in [0, 0.05) is 0 Å². The molecule has 0 atom stereocenters. The number of rotatable bonds is 5. The summed E-state index contributed by atoms with van der Waals surface area (Å²) >= 11 is 0. The second-order valence-corrected chi connectivity index (χ2v) is 5.01. The number of hydrogen-bond donors (Lipinski definition) is 0. The topological polar surface area (TPSA) is 34.1 Å². The zero-order chi connectivity index (χ0) is 15.9. The van der Waals surface area contributed by atoms with Crippen molar-refractivity contribution < 1.29 is 9.59 Å². The van der Waals surface area contributed by atoms with Gasteiger partial charge in [0.2, 0.25) is 0 Å². The molecule has 0 aliphatic carbocycles. The molecule has 0 radical (unpaired) electrons. The summed E-state index contributed by atoms with van der Waals surface area (Å²) in [6.07, 6.45) is 3.75. The van der Waals surface area contributed by atoms with Crippen molar-refractivity contribution in [2.75, 3.05) is 0 Å². The number of Topliss-reactive ketones (excluding diaryl/α,β-unsaturated/α-hetero) is 2. The lowest BCUT2D eigenvalue weighted by atomic mass is 9.94. The molecule has 0 unspecified atom stereocenters. The summed E-state index contributed by atoms with van der Waals surface area (Å²) in [4.78, 5) is 23.8. The first-order chi connectivity index (χ1) is 10.6. The van der Waals surface area contributed by atoms with E-state index in [0.717, 1.165) is 11.1 Å². The molecule has 0 aliphatic heterocycles. The summed E-state index contributed by atoms with van der Waals surface area (Å²) in [5, 5.41) is 0. The molecule has 0 aromatic heterocycles. The van der Waals surface area contributed by atoms with Gasteiger partial charge in [-0.3, -0.25) is 9.59 Å². The average molecular weight is 290 g/mol. The van der Waals surface area contributed by atoms with Gasteiger partial charge in [0.1, 0.15) is 0 Å². The normalized spacial score (nSPS) is 10.5. The van der Waals surface area contributed by atoms with E-state index in [9.17, 15) is 9.59 Å². The van der Waals surface area contributed by atoms with Crippen molar-refractivity contribution in [3.63, 3.8) is 0 Å². The Morgan fingerprint density at radius 1 is 0.773 bits per heavy atom. The van der Waals surface area contributed by atoms with E-state index < -0.39 is 0 Å². The van der Waals surface area contributed by atoms with Crippen molar-refractivity contribution in [3.05, 3.63) is 83.4 Å². The summed E-state index contributed by atoms with van der Waals surface area (Å²) in [6, 6.07) is 19.3. The minimum atomic E-state index is -0.218. The molecule has 0 bridgehead atoms. The molecule has 0 amide bonds. The van der Waals surface area contributed by atoms with Gasteiger partial charge < -0.3 is 0 Å². The third-order valence-electron chi connectivity index (χ3n) is 3.30. The van der Waals surface area contributed by atoms with Gasteiger partial charge in [-0.1, -0.05) is 72.8 Å². The molecule has 2 heteroatoms. The molecule has 2 nitrogen and oxygen atoms in total. The lowest BCUT2D eigenvalue weighted by Gasteiger charge is -2.08. The standard InChI is InChI=1S/C20H18O2/c1-15(21)20(16(2)22)19(18-11-7-4-8-12-18)14-13-17-9-5-3-6-10-17/h3-14H,1-2H3/b14-13+.